The fourth-order valence-electron chi connectivity index (χ4n) is 1.72. The van der Waals surface area contributed by atoms with Gasteiger partial charge in [0, 0.05) is 4.47 Å². The van der Waals surface area contributed by atoms with Crippen LogP contribution in [-0.2, 0) is 10.0 Å². The maximum atomic E-state index is 13.7. The van der Waals surface area contributed by atoms with Crippen molar-refractivity contribution < 1.29 is 12.8 Å². The predicted molar refractivity (Wildman–Crippen MR) is 80.5 cm³/mol. The number of sulfonamides is 1. The third-order valence-corrected chi connectivity index (χ3v) is 4.78. The normalized spacial score (nSPS) is 11.3. The van der Waals surface area contributed by atoms with Crippen LogP contribution < -0.4 is 10.5 Å². The molecule has 0 amide bonds. The lowest BCUT2D eigenvalue weighted by Crippen LogP contribution is -2.17. The summed E-state index contributed by atoms with van der Waals surface area (Å²) in [6, 6.07) is 8.90. The number of hydrogen-bond donors (Lipinski definition) is 2. The number of anilines is 2. The van der Waals surface area contributed by atoms with Crippen molar-refractivity contribution in [2.45, 2.75) is 11.8 Å². The molecule has 0 aliphatic heterocycles. The maximum Gasteiger partial charge on any atom is 0.266 e. The highest BCUT2D eigenvalue weighted by atomic mass is 79.9. The molecule has 0 saturated carbocycles. The molecule has 0 aromatic heterocycles. The van der Waals surface area contributed by atoms with Gasteiger partial charge in [-0.1, -0.05) is 12.1 Å². The monoisotopic (exact) mass is 358 g/mol. The Hall–Kier alpha value is -1.60. The second-order valence-corrected chi connectivity index (χ2v) is 6.72. The van der Waals surface area contributed by atoms with Crippen LogP contribution in [0.4, 0.5) is 15.8 Å². The summed E-state index contributed by atoms with van der Waals surface area (Å²) < 4.78 is 41.1. The van der Waals surface area contributed by atoms with Gasteiger partial charge < -0.3 is 5.73 Å². The summed E-state index contributed by atoms with van der Waals surface area (Å²) in [6.07, 6.45) is 0. The first-order valence-corrected chi connectivity index (χ1v) is 7.92. The SMILES string of the molecule is Cc1ccc(Br)c(NS(=O)(=O)c2c(N)cccc2F)c1. The van der Waals surface area contributed by atoms with Crippen molar-refractivity contribution in [3.05, 3.63) is 52.3 Å². The molecule has 0 aliphatic rings. The molecule has 106 valence electrons. The van der Waals surface area contributed by atoms with E-state index in [1.165, 1.54) is 12.1 Å². The predicted octanol–water partition coefficient (Wildman–Crippen LogP) is 3.28. The Balaban J connectivity index is 2.49. The molecular formula is C13H12BrFN2O2S. The summed E-state index contributed by atoms with van der Waals surface area (Å²) in [5.74, 6) is -0.888. The van der Waals surface area contributed by atoms with Crippen molar-refractivity contribution in [2.75, 3.05) is 10.5 Å². The Morgan fingerprint density at radius 2 is 1.95 bits per heavy atom. The van der Waals surface area contributed by atoms with E-state index in [-0.39, 0.29) is 5.69 Å². The van der Waals surface area contributed by atoms with Crippen molar-refractivity contribution in [3.63, 3.8) is 0 Å². The molecule has 4 nitrogen and oxygen atoms in total. The minimum atomic E-state index is -4.09. The smallest absolute Gasteiger partial charge is 0.266 e. The van der Waals surface area contributed by atoms with E-state index in [1.54, 1.807) is 12.1 Å². The number of nitrogens with two attached hydrogens (primary N) is 1. The molecule has 0 spiro atoms. The van der Waals surface area contributed by atoms with Crippen molar-refractivity contribution in [3.8, 4) is 0 Å². The minimum absolute atomic E-state index is 0.138. The van der Waals surface area contributed by atoms with E-state index in [0.29, 0.717) is 10.2 Å². The lowest BCUT2D eigenvalue weighted by Gasteiger charge is -2.12. The fourth-order valence-corrected chi connectivity index (χ4v) is 3.46. The Morgan fingerprint density at radius 3 is 2.60 bits per heavy atom. The van der Waals surface area contributed by atoms with Gasteiger partial charge in [-0.2, -0.15) is 0 Å². The molecule has 0 heterocycles. The number of nitrogen functional groups attached to an aromatic ring is 1. The number of benzene rings is 2. The molecule has 0 aliphatic carbocycles. The molecule has 0 bridgehead atoms. The van der Waals surface area contributed by atoms with Crippen LogP contribution in [-0.4, -0.2) is 8.42 Å². The van der Waals surface area contributed by atoms with Crippen LogP contribution in [0, 0.1) is 12.7 Å². The quantitative estimate of drug-likeness (QED) is 0.827. The van der Waals surface area contributed by atoms with Gasteiger partial charge in [-0.25, -0.2) is 12.8 Å². The molecule has 0 fully saturated rings. The third-order valence-electron chi connectivity index (χ3n) is 2.63. The summed E-state index contributed by atoms with van der Waals surface area (Å²) in [6.45, 7) is 1.82. The van der Waals surface area contributed by atoms with Gasteiger partial charge in [-0.15, -0.1) is 0 Å². The molecule has 3 N–H and O–H groups in total. The first-order valence-electron chi connectivity index (χ1n) is 5.64. The standard InChI is InChI=1S/C13H12BrFN2O2S/c1-8-5-6-9(14)12(7-8)17-20(18,19)13-10(15)3-2-4-11(13)16/h2-7,17H,16H2,1H3. The molecule has 20 heavy (non-hydrogen) atoms. The van der Waals surface area contributed by atoms with Crippen LogP contribution in [0.15, 0.2) is 45.8 Å². The second-order valence-electron chi connectivity index (χ2n) is 4.25. The van der Waals surface area contributed by atoms with E-state index in [2.05, 4.69) is 20.7 Å². The molecule has 0 radical (unpaired) electrons. The van der Waals surface area contributed by atoms with Gasteiger partial charge in [0.15, 0.2) is 0 Å². The van der Waals surface area contributed by atoms with Crippen LogP contribution in [0.25, 0.3) is 0 Å². The highest BCUT2D eigenvalue weighted by Crippen LogP contribution is 2.28. The fraction of sp³-hybridized carbons (Fsp3) is 0.0769. The van der Waals surface area contributed by atoms with E-state index in [9.17, 15) is 12.8 Å². The third kappa shape index (κ3) is 2.94. The molecule has 2 aromatic rings. The van der Waals surface area contributed by atoms with E-state index in [0.717, 1.165) is 11.6 Å². The molecule has 0 saturated heterocycles. The van der Waals surface area contributed by atoms with Crippen molar-refractivity contribution in [2.24, 2.45) is 0 Å². The van der Waals surface area contributed by atoms with E-state index >= 15 is 0 Å². The van der Waals surface area contributed by atoms with Crippen LogP contribution in [0.2, 0.25) is 0 Å². The highest BCUT2D eigenvalue weighted by molar-refractivity contribution is 9.10. The molecule has 0 atom stereocenters. The van der Waals surface area contributed by atoms with Crippen LogP contribution in [0.5, 0.6) is 0 Å². The van der Waals surface area contributed by atoms with Gasteiger partial charge >= 0.3 is 0 Å². The first-order chi connectivity index (χ1) is 9.31. The van der Waals surface area contributed by atoms with E-state index < -0.39 is 20.7 Å². The van der Waals surface area contributed by atoms with E-state index in [4.69, 9.17) is 5.73 Å². The average Bonchev–Trinajstić information content (AvgIpc) is 2.33. The van der Waals surface area contributed by atoms with Crippen molar-refractivity contribution in [1.29, 1.82) is 0 Å². The average molecular weight is 359 g/mol. The van der Waals surface area contributed by atoms with Gasteiger partial charge in [0.2, 0.25) is 0 Å². The molecule has 2 rings (SSSR count). The molecule has 2 aromatic carbocycles. The van der Waals surface area contributed by atoms with Gasteiger partial charge in [0.25, 0.3) is 10.0 Å². The zero-order chi connectivity index (χ0) is 14.9. The molecular weight excluding hydrogens is 347 g/mol. The number of halogens is 2. The lowest BCUT2D eigenvalue weighted by atomic mass is 10.2. The maximum absolute atomic E-state index is 13.7. The summed E-state index contributed by atoms with van der Waals surface area (Å²) >= 11 is 3.24. The molecule has 7 heteroatoms. The number of nitrogens with one attached hydrogen (secondary N) is 1. The largest absolute Gasteiger partial charge is 0.398 e. The zero-order valence-electron chi connectivity index (χ0n) is 10.5. The van der Waals surface area contributed by atoms with Gasteiger partial charge in [-0.05, 0) is 52.7 Å². The Kier molecular flexibility index (Phi) is 4.01. The summed E-state index contributed by atoms with van der Waals surface area (Å²) in [5.41, 5.74) is 6.62. The van der Waals surface area contributed by atoms with Crippen LogP contribution in [0.1, 0.15) is 5.56 Å². The number of aryl methyl sites for hydroxylation is 1. The Morgan fingerprint density at radius 1 is 1.25 bits per heavy atom. The first kappa shape index (κ1) is 14.8. The molecule has 0 unspecified atom stereocenters. The van der Waals surface area contributed by atoms with Gasteiger partial charge in [0.05, 0.1) is 11.4 Å². The minimum Gasteiger partial charge on any atom is -0.398 e. The highest BCUT2D eigenvalue weighted by Gasteiger charge is 2.23. The second kappa shape index (κ2) is 5.41. The van der Waals surface area contributed by atoms with Crippen LogP contribution in [0.3, 0.4) is 0 Å². The summed E-state index contributed by atoms with van der Waals surface area (Å²) in [5, 5.41) is 0. The lowest BCUT2D eigenvalue weighted by molar-refractivity contribution is 0.572. The van der Waals surface area contributed by atoms with E-state index in [1.807, 2.05) is 13.0 Å². The number of rotatable bonds is 3. The summed E-state index contributed by atoms with van der Waals surface area (Å²) in [7, 11) is -4.09. The van der Waals surface area contributed by atoms with Gasteiger partial charge in [0.1, 0.15) is 10.7 Å². The Bertz CT molecular complexity index is 743. The van der Waals surface area contributed by atoms with Crippen molar-refractivity contribution in [1.82, 2.24) is 0 Å². The van der Waals surface area contributed by atoms with Gasteiger partial charge in [-0.3, -0.25) is 4.72 Å². The van der Waals surface area contributed by atoms with Crippen molar-refractivity contribution >= 4 is 37.3 Å². The van der Waals surface area contributed by atoms with Crippen LogP contribution >= 0.6 is 15.9 Å². The Labute approximate surface area is 125 Å². The topological polar surface area (TPSA) is 72.2 Å². The summed E-state index contributed by atoms with van der Waals surface area (Å²) in [4.78, 5) is -0.548. The zero-order valence-corrected chi connectivity index (χ0v) is 12.9. The number of hydrogen-bond acceptors (Lipinski definition) is 3.